The van der Waals surface area contributed by atoms with Crippen molar-refractivity contribution in [2.24, 2.45) is 0 Å². The number of thiazole rings is 1. The molecule has 1 heterocycles. The van der Waals surface area contributed by atoms with Crippen LogP contribution in [0.25, 0.3) is 16.8 Å². The summed E-state index contributed by atoms with van der Waals surface area (Å²) < 4.78 is 44.3. The minimum atomic E-state index is -4.21. The molecule has 0 fully saturated rings. The molecule has 154 valence electrons. The van der Waals surface area contributed by atoms with Gasteiger partial charge in [-0.15, -0.1) is 11.3 Å². The average molecular weight is 450 g/mol. The summed E-state index contributed by atoms with van der Waals surface area (Å²) in [5.74, 6) is -0.321. The van der Waals surface area contributed by atoms with Gasteiger partial charge in [-0.05, 0) is 19.1 Å². The molecule has 0 aliphatic heterocycles. The molecule has 9 heteroatoms. The topological polar surface area (TPSA) is 57.9 Å². The van der Waals surface area contributed by atoms with Gasteiger partial charge in [0.05, 0.1) is 11.4 Å². The van der Waals surface area contributed by atoms with E-state index in [0.29, 0.717) is 5.01 Å². The zero-order valence-corrected chi connectivity index (χ0v) is 17.1. The van der Waals surface area contributed by atoms with Gasteiger partial charge in [-0.1, -0.05) is 53.6 Å². The Balaban J connectivity index is 1.82. The number of anilines is 1. The highest BCUT2D eigenvalue weighted by molar-refractivity contribution is 7.11. The molecular formula is C21H15ClF3N3OS. The number of ether oxygens (including phenoxy) is 1. The fraction of sp³-hybridized carbons (Fsp3) is 0.143. The fourth-order valence-corrected chi connectivity index (χ4v) is 3.25. The van der Waals surface area contributed by atoms with Crippen LogP contribution in [0, 0.1) is 18.3 Å². The summed E-state index contributed by atoms with van der Waals surface area (Å²) in [4.78, 5) is 4.47. The number of hydrogen-bond donors (Lipinski definition) is 1. The number of nitrogens with zero attached hydrogens (tertiary/aromatic N) is 2. The molecule has 0 aliphatic carbocycles. The molecule has 0 spiro atoms. The number of rotatable bonds is 7. The Bertz CT molecular complexity index is 1090. The number of alkyl halides is 4. The highest BCUT2D eigenvalue weighted by atomic mass is 35.5. The minimum Gasteiger partial charge on any atom is -0.427 e. The Morgan fingerprint density at radius 3 is 2.63 bits per heavy atom. The molecule has 4 nitrogen and oxygen atoms in total. The van der Waals surface area contributed by atoms with Gasteiger partial charge >= 0.3 is 6.11 Å². The SMILES string of the molecule is Cc1ccc(-c2csc(/C(C#N)=C/Nc3ccccc3OC(F)(F)C(F)Cl)n2)cc1. The van der Waals surface area contributed by atoms with Crippen LogP contribution >= 0.6 is 22.9 Å². The number of aromatic nitrogens is 1. The largest absolute Gasteiger partial charge is 0.444 e. The van der Waals surface area contributed by atoms with Crippen LogP contribution < -0.4 is 10.1 Å². The molecule has 1 atom stereocenters. The summed E-state index contributed by atoms with van der Waals surface area (Å²) in [6.07, 6.45) is -2.88. The summed E-state index contributed by atoms with van der Waals surface area (Å²) in [5.41, 5.74) is 0.0481. The number of para-hydroxylation sites is 2. The zero-order valence-electron chi connectivity index (χ0n) is 15.6. The van der Waals surface area contributed by atoms with E-state index in [2.05, 4.69) is 15.0 Å². The van der Waals surface area contributed by atoms with E-state index in [1.807, 2.05) is 42.6 Å². The van der Waals surface area contributed by atoms with Gasteiger partial charge in [0, 0.05) is 17.1 Å². The molecule has 1 aromatic heterocycles. The van der Waals surface area contributed by atoms with Crippen LogP contribution in [-0.2, 0) is 0 Å². The van der Waals surface area contributed by atoms with E-state index in [-0.39, 0.29) is 17.0 Å². The van der Waals surface area contributed by atoms with E-state index in [1.165, 1.54) is 35.7 Å². The number of allylic oxidation sites excluding steroid dienone is 1. The van der Waals surface area contributed by atoms with Gasteiger partial charge in [0.1, 0.15) is 22.4 Å². The standard InChI is InChI=1S/C21H15ClF3N3OS/c1-13-6-8-14(9-7-13)17-12-30-19(28-17)15(10-26)11-27-16-4-2-3-5-18(16)29-21(24,25)20(22)23/h2-9,11-12,20,27H,1H3/b15-11+. The van der Waals surface area contributed by atoms with Crippen LogP contribution in [-0.4, -0.2) is 16.7 Å². The van der Waals surface area contributed by atoms with Crippen LogP contribution in [0.2, 0.25) is 0 Å². The van der Waals surface area contributed by atoms with Crippen LogP contribution in [0.15, 0.2) is 60.1 Å². The summed E-state index contributed by atoms with van der Waals surface area (Å²) in [6.45, 7) is 1.98. The van der Waals surface area contributed by atoms with Crippen molar-refractivity contribution in [1.82, 2.24) is 4.98 Å². The van der Waals surface area contributed by atoms with Crippen LogP contribution in [0.4, 0.5) is 18.9 Å². The third-order valence-electron chi connectivity index (χ3n) is 3.96. The van der Waals surface area contributed by atoms with E-state index in [1.54, 1.807) is 6.07 Å². The first-order valence-electron chi connectivity index (χ1n) is 8.64. The normalized spacial score (nSPS) is 12.9. The Kier molecular flexibility index (Phi) is 6.65. The quantitative estimate of drug-likeness (QED) is 0.326. The predicted octanol–water partition coefficient (Wildman–Crippen LogP) is 6.60. The van der Waals surface area contributed by atoms with Gasteiger partial charge in [0.15, 0.2) is 0 Å². The summed E-state index contributed by atoms with van der Waals surface area (Å²) in [7, 11) is 0. The molecule has 30 heavy (non-hydrogen) atoms. The Labute approximate surface area is 180 Å². The van der Waals surface area contributed by atoms with Crippen molar-refractivity contribution in [1.29, 1.82) is 5.26 Å². The molecule has 3 rings (SSSR count). The number of aryl methyl sites for hydroxylation is 1. The predicted molar refractivity (Wildman–Crippen MR) is 112 cm³/mol. The molecule has 1 unspecified atom stereocenters. The molecular weight excluding hydrogens is 435 g/mol. The number of nitriles is 1. The highest BCUT2D eigenvalue weighted by Crippen LogP contribution is 2.34. The molecule has 0 bridgehead atoms. The van der Waals surface area contributed by atoms with Crippen molar-refractivity contribution in [3.8, 4) is 23.1 Å². The molecule has 0 saturated carbocycles. The van der Waals surface area contributed by atoms with E-state index in [4.69, 9.17) is 11.6 Å². The number of hydrogen-bond acceptors (Lipinski definition) is 5. The van der Waals surface area contributed by atoms with Gasteiger partial charge in [-0.3, -0.25) is 0 Å². The van der Waals surface area contributed by atoms with Crippen molar-refractivity contribution in [3.63, 3.8) is 0 Å². The average Bonchev–Trinajstić information content (AvgIpc) is 3.20. The number of nitrogens with one attached hydrogen (secondary N) is 1. The van der Waals surface area contributed by atoms with E-state index < -0.39 is 11.7 Å². The lowest BCUT2D eigenvalue weighted by Gasteiger charge is -2.19. The first-order chi connectivity index (χ1) is 14.3. The highest BCUT2D eigenvalue weighted by Gasteiger charge is 2.42. The molecule has 0 amide bonds. The molecule has 1 N–H and O–H groups in total. The van der Waals surface area contributed by atoms with Crippen molar-refractivity contribution in [2.45, 2.75) is 18.7 Å². The Morgan fingerprint density at radius 1 is 1.27 bits per heavy atom. The van der Waals surface area contributed by atoms with Crippen LogP contribution in [0.1, 0.15) is 10.6 Å². The third kappa shape index (κ3) is 5.12. The lowest BCUT2D eigenvalue weighted by molar-refractivity contribution is -0.198. The second kappa shape index (κ2) is 9.20. The second-order valence-electron chi connectivity index (χ2n) is 6.18. The molecule has 3 aromatic rings. The minimum absolute atomic E-state index is 0.109. The van der Waals surface area contributed by atoms with Crippen molar-refractivity contribution in [2.75, 3.05) is 5.32 Å². The van der Waals surface area contributed by atoms with Crippen molar-refractivity contribution >= 4 is 34.2 Å². The molecule has 0 saturated heterocycles. The zero-order chi connectivity index (χ0) is 21.7. The van der Waals surface area contributed by atoms with Crippen molar-refractivity contribution < 1.29 is 17.9 Å². The van der Waals surface area contributed by atoms with Gasteiger partial charge in [0.25, 0.3) is 5.63 Å². The van der Waals surface area contributed by atoms with Crippen molar-refractivity contribution in [3.05, 3.63) is 70.7 Å². The summed E-state index contributed by atoms with van der Waals surface area (Å²) in [5, 5.41) is 14.5. The third-order valence-corrected chi connectivity index (χ3v) is 5.09. The van der Waals surface area contributed by atoms with E-state index >= 15 is 0 Å². The molecule has 0 radical (unpaired) electrons. The first kappa shape index (κ1) is 21.7. The first-order valence-corrected chi connectivity index (χ1v) is 9.95. The maximum absolute atomic E-state index is 13.5. The lowest BCUT2D eigenvalue weighted by atomic mass is 10.1. The van der Waals surface area contributed by atoms with Crippen LogP contribution in [0.3, 0.4) is 0 Å². The number of benzene rings is 2. The molecule has 0 aliphatic rings. The van der Waals surface area contributed by atoms with E-state index in [9.17, 15) is 18.4 Å². The van der Waals surface area contributed by atoms with Gasteiger partial charge in [0.2, 0.25) is 0 Å². The summed E-state index contributed by atoms with van der Waals surface area (Å²) >= 11 is 6.11. The van der Waals surface area contributed by atoms with Gasteiger partial charge in [-0.25, -0.2) is 9.37 Å². The lowest BCUT2D eigenvalue weighted by Crippen LogP contribution is -2.33. The smallest absolute Gasteiger partial charge is 0.427 e. The monoisotopic (exact) mass is 449 g/mol. The van der Waals surface area contributed by atoms with Gasteiger partial charge in [-0.2, -0.15) is 14.0 Å². The Hall–Kier alpha value is -3.02. The number of halogens is 4. The Morgan fingerprint density at radius 2 is 1.97 bits per heavy atom. The maximum atomic E-state index is 13.5. The van der Waals surface area contributed by atoms with E-state index in [0.717, 1.165) is 16.8 Å². The van der Waals surface area contributed by atoms with Gasteiger partial charge < -0.3 is 10.1 Å². The second-order valence-corrected chi connectivity index (χ2v) is 7.42. The fourth-order valence-electron chi connectivity index (χ4n) is 2.41. The maximum Gasteiger partial charge on any atom is 0.444 e. The molecule has 2 aromatic carbocycles. The van der Waals surface area contributed by atoms with Crippen LogP contribution in [0.5, 0.6) is 5.75 Å². The summed E-state index contributed by atoms with van der Waals surface area (Å²) in [6, 6.07) is 15.5.